The number of nitrogens with one attached hydrogen (secondary N) is 1. The van der Waals surface area contributed by atoms with E-state index in [0.717, 1.165) is 50.7 Å². The summed E-state index contributed by atoms with van der Waals surface area (Å²) in [6.07, 6.45) is 2.89. The van der Waals surface area contributed by atoms with E-state index in [1.807, 2.05) is 12.3 Å². The zero-order chi connectivity index (χ0) is 9.80. The number of H-pyrrole nitrogens is 1. The van der Waals surface area contributed by atoms with Gasteiger partial charge in [-0.2, -0.15) is 0 Å². The zero-order valence-electron chi connectivity index (χ0n) is 8.33. The summed E-state index contributed by atoms with van der Waals surface area (Å²) in [5.74, 6) is 0. The second-order valence-corrected chi connectivity index (χ2v) is 3.62. The maximum Gasteiger partial charge on any atom is 0.0594 e. The first-order valence-corrected chi connectivity index (χ1v) is 5.08. The molecule has 0 aromatic carbocycles. The highest BCUT2D eigenvalue weighted by atomic mass is 16.5. The maximum absolute atomic E-state index is 5.78. The average Bonchev–Trinajstić information content (AvgIpc) is 2.63. The molecule has 0 radical (unpaired) electrons. The SMILES string of the molecule is Nc1cc[nH]c1CCN1CCOCC1. The van der Waals surface area contributed by atoms with Crippen molar-refractivity contribution in [2.75, 3.05) is 38.6 Å². The number of ether oxygens (including phenoxy) is 1. The van der Waals surface area contributed by atoms with Gasteiger partial charge in [-0.05, 0) is 6.07 Å². The molecule has 1 aromatic rings. The minimum atomic E-state index is 0.861. The Morgan fingerprint density at radius 3 is 2.86 bits per heavy atom. The predicted molar refractivity (Wildman–Crippen MR) is 56.2 cm³/mol. The molecule has 0 unspecified atom stereocenters. The number of aromatic nitrogens is 1. The second kappa shape index (κ2) is 4.48. The fraction of sp³-hybridized carbons (Fsp3) is 0.600. The first-order valence-electron chi connectivity index (χ1n) is 5.08. The first-order chi connectivity index (χ1) is 6.86. The minimum absolute atomic E-state index is 0.861. The van der Waals surface area contributed by atoms with Crippen LogP contribution in [0.25, 0.3) is 0 Å². The molecule has 2 heterocycles. The summed E-state index contributed by atoms with van der Waals surface area (Å²) < 4.78 is 5.29. The van der Waals surface area contributed by atoms with Crippen molar-refractivity contribution >= 4 is 5.69 Å². The average molecular weight is 195 g/mol. The van der Waals surface area contributed by atoms with Gasteiger partial charge in [0.25, 0.3) is 0 Å². The molecule has 0 aliphatic carbocycles. The third-order valence-corrected chi connectivity index (χ3v) is 2.65. The lowest BCUT2D eigenvalue weighted by molar-refractivity contribution is 0.0384. The molecule has 3 N–H and O–H groups in total. The summed E-state index contributed by atoms with van der Waals surface area (Å²) in [5, 5.41) is 0. The maximum atomic E-state index is 5.78. The van der Waals surface area contributed by atoms with Gasteiger partial charge in [-0.3, -0.25) is 4.90 Å². The number of anilines is 1. The van der Waals surface area contributed by atoms with E-state index in [0.29, 0.717) is 0 Å². The Kier molecular flexibility index (Phi) is 3.06. The number of rotatable bonds is 3. The Morgan fingerprint density at radius 2 is 2.21 bits per heavy atom. The lowest BCUT2D eigenvalue weighted by Crippen LogP contribution is -2.37. The summed E-state index contributed by atoms with van der Waals surface area (Å²) >= 11 is 0. The number of hydrogen-bond donors (Lipinski definition) is 2. The molecule has 14 heavy (non-hydrogen) atoms. The van der Waals surface area contributed by atoms with E-state index in [4.69, 9.17) is 10.5 Å². The van der Waals surface area contributed by atoms with Crippen molar-refractivity contribution in [3.63, 3.8) is 0 Å². The van der Waals surface area contributed by atoms with Crippen LogP contribution >= 0.6 is 0 Å². The van der Waals surface area contributed by atoms with Gasteiger partial charge in [0.05, 0.1) is 18.9 Å². The lowest BCUT2D eigenvalue weighted by atomic mass is 10.2. The second-order valence-electron chi connectivity index (χ2n) is 3.62. The Balaban J connectivity index is 1.79. The van der Waals surface area contributed by atoms with Crippen molar-refractivity contribution in [3.05, 3.63) is 18.0 Å². The van der Waals surface area contributed by atoms with Crippen LogP contribution in [0.15, 0.2) is 12.3 Å². The van der Waals surface area contributed by atoms with Crippen molar-refractivity contribution in [2.45, 2.75) is 6.42 Å². The Labute approximate surface area is 84.0 Å². The van der Waals surface area contributed by atoms with Crippen LogP contribution < -0.4 is 5.73 Å². The molecule has 0 amide bonds. The van der Waals surface area contributed by atoms with Crippen molar-refractivity contribution in [1.82, 2.24) is 9.88 Å². The van der Waals surface area contributed by atoms with Gasteiger partial charge in [-0.15, -0.1) is 0 Å². The molecule has 1 fully saturated rings. The zero-order valence-corrected chi connectivity index (χ0v) is 8.33. The van der Waals surface area contributed by atoms with Crippen LogP contribution in [0.2, 0.25) is 0 Å². The molecule has 4 heteroatoms. The molecule has 1 aromatic heterocycles. The molecule has 1 aliphatic rings. The molecule has 0 saturated carbocycles. The number of hydrogen-bond acceptors (Lipinski definition) is 3. The van der Waals surface area contributed by atoms with Gasteiger partial charge < -0.3 is 15.5 Å². The van der Waals surface area contributed by atoms with E-state index >= 15 is 0 Å². The van der Waals surface area contributed by atoms with Gasteiger partial charge in [0.1, 0.15) is 0 Å². The van der Waals surface area contributed by atoms with Crippen molar-refractivity contribution < 1.29 is 4.74 Å². The number of aromatic amines is 1. The molecule has 2 rings (SSSR count). The highest BCUT2D eigenvalue weighted by Gasteiger charge is 2.10. The molecule has 0 atom stereocenters. The number of nitrogens with zero attached hydrogens (tertiary/aromatic N) is 1. The smallest absolute Gasteiger partial charge is 0.0594 e. The molecule has 0 bridgehead atoms. The van der Waals surface area contributed by atoms with E-state index in [1.54, 1.807) is 0 Å². The van der Waals surface area contributed by atoms with Gasteiger partial charge >= 0.3 is 0 Å². The summed E-state index contributed by atoms with van der Waals surface area (Å²) in [5.41, 5.74) is 7.80. The predicted octanol–water partition coefficient (Wildman–Crippen LogP) is 0.472. The van der Waals surface area contributed by atoms with Gasteiger partial charge in [0.2, 0.25) is 0 Å². The normalized spacial score (nSPS) is 18.6. The highest BCUT2D eigenvalue weighted by molar-refractivity contribution is 5.42. The number of nitrogens with two attached hydrogens (primary N) is 1. The van der Waals surface area contributed by atoms with Crippen LogP contribution in [-0.2, 0) is 11.2 Å². The van der Waals surface area contributed by atoms with Crippen LogP contribution in [0.3, 0.4) is 0 Å². The van der Waals surface area contributed by atoms with Crippen molar-refractivity contribution in [2.24, 2.45) is 0 Å². The molecular weight excluding hydrogens is 178 g/mol. The summed E-state index contributed by atoms with van der Waals surface area (Å²) in [4.78, 5) is 5.57. The van der Waals surface area contributed by atoms with Gasteiger partial charge in [-0.25, -0.2) is 0 Å². The fourth-order valence-corrected chi connectivity index (χ4v) is 1.73. The quantitative estimate of drug-likeness (QED) is 0.737. The topological polar surface area (TPSA) is 54.3 Å². The standard InChI is InChI=1S/C10H17N3O/c11-9-1-3-12-10(9)2-4-13-5-7-14-8-6-13/h1,3,12H,2,4-8,11H2. The van der Waals surface area contributed by atoms with Crippen molar-refractivity contribution in [3.8, 4) is 0 Å². The molecule has 0 spiro atoms. The van der Waals surface area contributed by atoms with E-state index < -0.39 is 0 Å². The fourth-order valence-electron chi connectivity index (χ4n) is 1.73. The summed E-state index contributed by atoms with van der Waals surface area (Å²) in [6.45, 7) is 4.87. The third-order valence-electron chi connectivity index (χ3n) is 2.65. The molecule has 4 nitrogen and oxygen atoms in total. The number of morpholine rings is 1. The van der Waals surface area contributed by atoms with E-state index in [9.17, 15) is 0 Å². The van der Waals surface area contributed by atoms with E-state index in [2.05, 4.69) is 9.88 Å². The minimum Gasteiger partial charge on any atom is -0.397 e. The van der Waals surface area contributed by atoms with E-state index in [1.165, 1.54) is 0 Å². The van der Waals surface area contributed by atoms with Crippen molar-refractivity contribution in [1.29, 1.82) is 0 Å². The molecule has 1 aliphatic heterocycles. The Bertz CT molecular complexity index is 279. The van der Waals surface area contributed by atoms with Crippen LogP contribution in [0.1, 0.15) is 5.69 Å². The van der Waals surface area contributed by atoms with Crippen LogP contribution in [-0.4, -0.2) is 42.7 Å². The summed E-state index contributed by atoms with van der Waals surface area (Å²) in [7, 11) is 0. The largest absolute Gasteiger partial charge is 0.397 e. The third kappa shape index (κ3) is 2.27. The monoisotopic (exact) mass is 195 g/mol. The Morgan fingerprint density at radius 1 is 1.43 bits per heavy atom. The lowest BCUT2D eigenvalue weighted by Gasteiger charge is -2.26. The van der Waals surface area contributed by atoms with Gasteiger partial charge in [0.15, 0.2) is 0 Å². The number of nitrogen functional groups attached to an aromatic ring is 1. The van der Waals surface area contributed by atoms with Crippen LogP contribution in [0.4, 0.5) is 5.69 Å². The molecule has 78 valence electrons. The Hall–Kier alpha value is -1.00. The van der Waals surface area contributed by atoms with Gasteiger partial charge in [-0.1, -0.05) is 0 Å². The van der Waals surface area contributed by atoms with Crippen LogP contribution in [0, 0.1) is 0 Å². The first kappa shape index (κ1) is 9.55. The highest BCUT2D eigenvalue weighted by Crippen LogP contribution is 2.09. The van der Waals surface area contributed by atoms with Gasteiger partial charge in [0, 0.05) is 37.9 Å². The summed E-state index contributed by atoms with van der Waals surface area (Å²) in [6, 6.07) is 1.91. The van der Waals surface area contributed by atoms with E-state index in [-0.39, 0.29) is 0 Å². The molecular formula is C10H17N3O. The molecule has 1 saturated heterocycles. The van der Waals surface area contributed by atoms with Crippen LogP contribution in [0.5, 0.6) is 0 Å².